The molecule has 1 aromatic carbocycles. The minimum Gasteiger partial charge on any atom is -0.479 e. The Bertz CT molecular complexity index is 663. The van der Waals surface area contributed by atoms with Gasteiger partial charge in [0.15, 0.2) is 0 Å². The van der Waals surface area contributed by atoms with E-state index in [4.69, 9.17) is 16.3 Å². The number of hydrogen-bond donors (Lipinski definition) is 1. The third-order valence-electron chi connectivity index (χ3n) is 2.54. The molecule has 21 heavy (non-hydrogen) atoms. The van der Waals surface area contributed by atoms with Crippen molar-refractivity contribution in [3.63, 3.8) is 0 Å². The Balaban J connectivity index is 1.73. The molecular weight excluding hydrogens is 288 g/mol. The van der Waals surface area contributed by atoms with Crippen LogP contribution in [-0.2, 0) is 0 Å². The number of amides is 1. The van der Waals surface area contributed by atoms with Crippen LogP contribution in [0.1, 0.15) is 10.4 Å². The van der Waals surface area contributed by atoms with Crippen molar-refractivity contribution in [2.45, 2.75) is 0 Å². The van der Waals surface area contributed by atoms with Gasteiger partial charge in [-0.1, -0.05) is 35.6 Å². The second kappa shape index (κ2) is 7.93. The molecule has 1 N–H and O–H groups in total. The van der Waals surface area contributed by atoms with Gasteiger partial charge < -0.3 is 10.1 Å². The van der Waals surface area contributed by atoms with Crippen LogP contribution in [0.3, 0.4) is 0 Å². The number of benzene rings is 1. The maximum Gasteiger partial charge on any atom is 0.252 e. The van der Waals surface area contributed by atoms with Gasteiger partial charge in [0, 0.05) is 18.0 Å². The Morgan fingerprint density at radius 2 is 1.95 bits per heavy atom. The van der Waals surface area contributed by atoms with Crippen molar-refractivity contribution in [3.05, 3.63) is 59.4 Å². The van der Waals surface area contributed by atoms with Crippen molar-refractivity contribution < 1.29 is 9.53 Å². The molecule has 0 spiro atoms. The molecule has 0 fully saturated rings. The van der Waals surface area contributed by atoms with E-state index in [1.165, 1.54) is 0 Å². The third-order valence-corrected chi connectivity index (χ3v) is 2.85. The average Bonchev–Trinajstić information content (AvgIpc) is 2.53. The van der Waals surface area contributed by atoms with Crippen molar-refractivity contribution in [1.29, 1.82) is 0 Å². The second-order valence-corrected chi connectivity index (χ2v) is 4.40. The van der Waals surface area contributed by atoms with Crippen molar-refractivity contribution in [2.75, 3.05) is 13.2 Å². The minimum atomic E-state index is -0.182. The molecule has 4 nitrogen and oxygen atoms in total. The van der Waals surface area contributed by atoms with E-state index in [2.05, 4.69) is 22.1 Å². The molecule has 0 aliphatic carbocycles. The number of hydrogen-bond acceptors (Lipinski definition) is 3. The summed E-state index contributed by atoms with van der Waals surface area (Å²) in [6.45, 7) is 0.474. The summed E-state index contributed by atoms with van der Waals surface area (Å²) in [6, 6.07) is 10.5. The summed E-state index contributed by atoms with van der Waals surface area (Å²) >= 11 is 5.94. The summed E-state index contributed by atoms with van der Waals surface area (Å²) < 4.78 is 5.40. The van der Waals surface area contributed by atoms with Gasteiger partial charge >= 0.3 is 0 Å². The number of rotatable bonds is 4. The molecule has 0 saturated carbocycles. The van der Waals surface area contributed by atoms with Gasteiger partial charge in [-0.2, -0.15) is 0 Å². The van der Waals surface area contributed by atoms with Crippen molar-refractivity contribution in [3.8, 4) is 17.6 Å². The highest BCUT2D eigenvalue weighted by Crippen LogP contribution is 2.22. The maximum absolute atomic E-state index is 11.7. The van der Waals surface area contributed by atoms with Gasteiger partial charge in [0.25, 0.3) is 5.91 Å². The van der Waals surface area contributed by atoms with E-state index in [1.807, 2.05) is 12.1 Å². The number of para-hydroxylation sites is 1. The molecule has 0 aliphatic rings. The van der Waals surface area contributed by atoms with Gasteiger partial charge in [0.05, 0.1) is 11.6 Å². The summed E-state index contributed by atoms with van der Waals surface area (Å²) in [5, 5.41) is 3.23. The molecule has 0 saturated heterocycles. The second-order valence-electron chi connectivity index (χ2n) is 3.99. The van der Waals surface area contributed by atoms with Crippen molar-refractivity contribution >= 4 is 17.5 Å². The van der Waals surface area contributed by atoms with Gasteiger partial charge in [-0.15, -0.1) is 0 Å². The average molecular weight is 301 g/mol. The number of pyridine rings is 1. The van der Waals surface area contributed by atoms with Crippen LogP contribution in [-0.4, -0.2) is 24.0 Å². The molecule has 0 radical (unpaired) electrons. The molecule has 0 unspecified atom stereocenters. The van der Waals surface area contributed by atoms with E-state index in [-0.39, 0.29) is 19.1 Å². The molecule has 1 heterocycles. The van der Waals surface area contributed by atoms with Crippen LogP contribution in [0.4, 0.5) is 0 Å². The number of aromatic nitrogens is 1. The Labute approximate surface area is 128 Å². The zero-order chi connectivity index (χ0) is 14.9. The van der Waals surface area contributed by atoms with Crippen LogP contribution in [0.5, 0.6) is 5.75 Å². The van der Waals surface area contributed by atoms with Crippen LogP contribution >= 0.6 is 11.6 Å². The first-order valence-corrected chi connectivity index (χ1v) is 6.66. The number of carbonyl (C=O) groups excluding carboxylic acids is 1. The van der Waals surface area contributed by atoms with Gasteiger partial charge in [-0.3, -0.25) is 9.78 Å². The van der Waals surface area contributed by atoms with E-state index in [0.717, 1.165) is 0 Å². The highest BCUT2D eigenvalue weighted by molar-refractivity contribution is 6.32. The molecule has 0 atom stereocenters. The first kappa shape index (κ1) is 14.9. The molecule has 1 amide bonds. The topological polar surface area (TPSA) is 51.2 Å². The summed E-state index contributed by atoms with van der Waals surface area (Å²) in [5.74, 6) is 6.03. The number of ether oxygens (including phenoxy) is 1. The van der Waals surface area contributed by atoms with Crippen molar-refractivity contribution in [2.24, 2.45) is 0 Å². The van der Waals surface area contributed by atoms with Gasteiger partial charge in [0.2, 0.25) is 0 Å². The predicted molar refractivity (Wildman–Crippen MR) is 81.3 cm³/mol. The van der Waals surface area contributed by atoms with E-state index in [1.54, 1.807) is 36.7 Å². The molecule has 1 aromatic heterocycles. The normalized spacial score (nSPS) is 9.38. The smallest absolute Gasteiger partial charge is 0.252 e. The lowest BCUT2D eigenvalue weighted by molar-refractivity contribution is 0.0958. The molecule has 5 heteroatoms. The van der Waals surface area contributed by atoms with Gasteiger partial charge in [-0.25, -0.2) is 0 Å². The third kappa shape index (κ3) is 4.83. The van der Waals surface area contributed by atoms with Crippen LogP contribution in [0.2, 0.25) is 5.02 Å². The van der Waals surface area contributed by atoms with E-state index >= 15 is 0 Å². The minimum absolute atomic E-state index is 0.182. The van der Waals surface area contributed by atoms with Crippen LogP contribution in [0.15, 0.2) is 48.8 Å². The number of nitrogens with zero attached hydrogens (tertiary/aromatic N) is 1. The van der Waals surface area contributed by atoms with Gasteiger partial charge in [0.1, 0.15) is 12.4 Å². The van der Waals surface area contributed by atoms with E-state index < -0.39 is 0 Å². The van der Waals surface area contributed by atoms with E-state index in [9.17, 15) is 4.79 Å². The number of nitrogens with one attached hydrogen (secondary N) is 1. The first-order valence-electron chi connectivity index (χ1n) is 6.28. The van der Waals surface area contributed by atoms with Gasteiger partial charge in [-0.05, 0) is 24.3 Å². The van der Waals surface area contributed by atoms with Crippen molar-refractivity contribution in [1.82, 2.24) is 10.3 Å². The molecule has 2 rings (SSSR count). The fraction of sp³-hybridized carbons (Fsp3) is 0.125. The standard InChI is InChI=1S/C16H13ClN2O2/c17-14-5-1-2-6-15(14)21-12-4-3-9-19-16(20)13-7-10-18-11-8-13/h1-2,5-8,10-11H,9,12H2,(H,19,20). The monoisotopic (exact) mass is 300 g/mol. The fourth-order valence-corrected chi connectivity index (χ4v) is 1.71. The molecule has 0 aliphatic heterocycles. The summed E-state index contributed by atoms with van der Waals surface area (Å²) in [7, 11) is 0. The maximum atomic E-state index is 11.7. The Hall–Kier alpha value is -2.51. The quantitative estimate of drug-likeness (QED) is 0.883. The largest absolute Gasteiger partial charge is 0.479 e. The number of halogens is 1. The molecule has 106 valence electrons. The number of carbonyl (C=O) groups is 1. The Morgan fingerprint density at radius 3 is 2.71 bits per heavy atom. The van der Waals surface area contributed by atoms with E-state index in [0.29, 0.717) is 16.3 Å². The molecular formula is C16H13ClN2O2. The predicted octanol–water partition coefficient (Wildman–Crippen LogP) is 2.55. The molecule has 0 bridgehead atoms. The molecule has 2 aromatic rings. The SMILES string of the molecule is O=C(NCC#CCOc1ccccc1Cl)c1ccncc1. The van der Waals surface area contributed by atoms with Crippen LogP contribution < -0.4 is 10.1 Å². The summed E-state index contributed by atoms with van der Waals surface area (Å²) in [4.78, 5) is 15.5. The Morgan fingerprint density at radius 1 is 1.19 bits per heavy atom. The lowest BCUT2D eigenvalue weighted by Gasteiger charge is -2.03. The highest BCUT2D eigenvalue weighted by atomic mass is 35.5. The Kier molecular flexibility index (Phi) is 5.62. The highest BCUT2D eigenvalue weighted by Gasteiger charge is 2.01. The lowest BCUT2D eigenvalue weighted by atomic mass is 10.2. The van der Waals surface area contributed by atoms with Crippen LogP contribution in [0, 0.1) is 11.8 Å². The zero-order valence-electron chi connectivity index (χ0n) is 11.2. The lowest BCUT2D eigenvalue weighted by Crippen LogP contribution is -2.23. The van der Waals surface area contributed by atoms with Crippen LogP contribution in [0.25, 0.3) is 0 Å². The fourth-order valence-electron chi connectivity index (χ4n) is 1.52. The zero-order valence-corrected chi connectivity index (χ0v) is 11.9. The first-order chi connectivity index (χ1) is 10.3. The summed E-state index contributed by atoms with van der Waals surface area (Å²) in [5.41, 5.74) is 0.555. The summed E-state index contributed by atoms with van der Waals surface area (Å²) in [6.07, 6.45) is 3.13.